The Balaban J connectivity index is 0.000000230. The van der Waals surface area contributed by atoms with Gasteiger partial charge in [-0.1, -0.05) is 0 Å². The van der Waals surface area contributed by atoms with E-state index in [1.807, 2.05) is 20.8 Å². The summed E-state index contributed by atoms with van der Waals surface area (Å²) in [6.07, 6.45) is 3.09. The number of ether oxygens (including phenoxy) is 1. The van der Waals surface area contributed by atoms with Crippen LogP contribution in [0, 0.1) is 23.3 Å². The first-order valence-corrected chi connectivity index (χ1v) is 13.4. The number of rotatable bonds is 5. The highest BCUT2D eigenvalue weighted by atomic mass is 19.1. The zero-order chi connectivity index (χ0) is 28.6. The van der Waals surface area contributed by atoms with Gasteiger partial charge in [-0.05, 0) is 94.9 Å². The van der Waals surface area contributed by atoms with Gasteiger partial charge in [0.15, 0.2) is 0 Å². The van der Waals surface area contributed by atoms with Crippen LogP contribution in [-0.4, -0.2) is 59.8 Å². The Morgan fingerprint density at radius 1 is 0.795 bits per heavy atom. The number of carbonyl (C=O) groups excluding carboxylic acids is 1. The second-order valence-electron chi connectivity index (χ2n) is 11.4. The number of hydrogen-bond donors (Lipinski definition) is 2. The van der Waals surface area contributed by atoms with Gasteiger partial charge in [0.25, 0.3) is 0 Å². The summed E-state index contributed by atoms with van der Waals surface area (Å²) in [6.45, 7) is 9.92. The molecule has 2 aromatic carbocycles. The number of halogens is 4. The molecule has 0 radical (unpaired) electrons. The fourth-order valence-electron chi connectivity index (χ4n) is 4.74. The quantitative estimate of drug-likeness (QED) is 0.490. The fourth-order valence-corrected chi connectivity index (χ4v) is 4.74. The molecule has 4 rings (SSSR count). The molecule has 3 N–H and O–H groups in total. The Morgan fingerprint density at radius 2 is 1.18 bits per heavy atom. The third-order valence-electron chi connectivity index (χ3n) is 6.60. The third kappa shape index (κ3) is 11.5. The van der Waals surface area contributed by atoms with Gasteiger partial charge in [0.1, 0.15) is 28.9 Å². The molecular formula is C29H40F4N4O2. The lowest BCUT2D eigenvalue weighted by Crippen LogP contribution is -2.45. The minimum absolute atomic E-state index is 0.0744. The Hall–Kier alpha value is -2.69. The third-order valence-corrected chi connectivity index (χ3v) is 6.60. The average molecular weight is 553 g/mol. The molecule has 10 heteroatoms. The molecule has 0 atom stereocenters. The van der Waals surface area contributed by atoms with Gasteiger partial charge in [0, 0.05) is 50.4 Å². The summed E-state index contributed by atoms with van der Waals surface area (Å²) < 4.78 is 57.6. The molecule has 39 heavy (non-hydrogen) atoms. The topological polar surface area (TPSA) is 70.8 Å². The number of hydrogen-bond acceptors (Lipinski definition) is 5. The summed E-state index contributed by atoms with van der Waals surface area (Å²) in [4.78, 5) is 16.0. The van der Waals surface area contributed by atoms with E-state index in [0.717, 1.165) is 64.0 Å². The van der Waals surface area contributed by atoms with Crippen LogP contribution in [-0.2, 0) is 17.8 Å². The first kappa shape index (κ1) is 30.8. The monoisotopic (exact) mass is 552 g/mol. The van der Waals surface area contributed by atoms with E-state index in [-0.39, 0.29) is 12.1 Å². The summed E-state index contributed by atoms with van der Waals surface area (Å²) in [7, 11) is 0. The van der Waals surface area contributed by atoms with Crippen molar-refractivity contribution in [2.45, 2.75) is 77.2 Å². The lowest BCUT2D eigenvalue weighted by Gasteiger charge is -2.32. The number of benzene rings is 2. The van der Waals surface area contributed by atoms with E-state index < -0.39 is 35.0 Å². The van der Waals surface area contributed by atoms with Crippen molar-refractivity contribution in [3.05, 3.63) is 70.8 Å². The molecule has 216 valence electrons. The SMILES string of the molecule is CC(C)(C)OC(=O)NC1CCN(Cc2cc(F)cc(F)c2)CC1.NC1CCN(Cc2cc(F)cc(F)c2)CC1. The van der Waals surface area contributed by atoms with Gasteiger partial charge in [-0.3, -0.25) is 9.80 Å². The van der Waals surface area contributed by atoms with Crippen LogP contribution < -0.4 is 11.1 Å². The predicted molar refractivity (Wildman–Crippen MR) is 143 cm³/mol. The molecule has 2 aliphatic rings. The number of nitrogens with two attached hydrogens (primary N) is 1. The molecule has 0 aromatic heterocycles. The minimum atomic E-state index is -0.554. The maximum Gasteiger partial charge on any atom is 0.407 e. The number of nitrogens with one attached hydrogen (secondary N) is 1. The maximum absolute atomic E-state index is 13.2. The van der Waals surface area contributed by atoms with Crippen LogP contribution in [0.2, 0.25) is 0 Å². The molecule has 0 unspecified atom stereocenters. The summed E-state index contributed by atoms with van der Waals surface area (Å²) in [5, 5.41) is 2.87. The normalized spacial score (nSPS) is 17.8. The van der Waals surface area contributed by atoms with E-state index in [1.54, 1.807) is 0 Å². The number of amides is 1. The van der Waals surface area contributed by atoms with Gasteiger partial charge in [-0.2, -0.15) is 0 Å². The van der Waals surface area contributed by atoms with Gasteiger partial charge in [0.2, 0.25) is 0 Å². The Bertz CT molecular complexity index is 1040. The van der Waals surface area contributed by atoms with Gasteiger partial charge in [-0.15, -0.1) is 0 Å². The highest BCUT2D eigenvalue weighted by Crippen LogP contribution is 2.17. The van der Waals surface area contributed by atoms with E-state index in [1.165, 1.54) is 24.3 Å². The van der Waals surface area contributed by atoms with Crippen LogP contribution in [0.5, 0.6) is 0 Å². The molecule has 0 aliphatic carbocycles. The number of carbonyl (C=O) groups is 1. The lowest BCUT2D eigenvalue weighted by atomic mass is 10.0. The average Bonchev–Trinajstić information content (AvgIpc) is 2.80. The predicted octanol–water partition coefficient (Wildman–Crippen LogP) is 5.34. The number of piperidine rings is 2. The van der Waals surface area contributed by atoms with E-state index in [2.05, 4.69) is 15.1 Å². The summed E-state index contributed by atoms with van der Waals surface area (Å²) in [6, 6.07) is 7.61. The van der Waals surface area contributed by atoms with Gasteiger partial charge in [-0.25, -0.2) is 22.4 Å². The molecule has 6 nitrogen and oxygen atoms in total. The van der Waals surface area contributed by atoms with Crippen LogP contribution in [0.3, 0.4) is 0 Å². The van der Waals surface area contributed by atoms with Gasteiger partial charge in [0.05, 0.1) is 0 Å². The molecule has 0 spiro atoms. The van der Waals surface area contributed by atoms with Crippen molar-refractivity contribution in [1.82, 2.24) is 15.1 Å². The van der Waals surface area contributed by atoms with Crippen molar-refractivity contribution in [2.24, 2.45) is 5.73 Å². The number of nitrogens with zero attached hydrogens (tertiary/aromatic N) is 2. The van der Waals surface area contributed by atoms with Crippen LogP contribution in [0.4, 0.5) is 22.4 Å². The lowest BCUT2D eigenvalue weighted by molar-refractivity contribution is 0.0477. The molecule has 2 saturated heterocycles. The highest BCUT2D eigenvalue weighted by Gasteiger charge is 2.24. The number of alkyl carbamates (subject to hydrolysis) is 1. The molecule has 2 aliphatic heterocycles. The zero-order valence-electron chi connectivity index (χ0n) is 23.0. The van der Waals surface area contributed by atoms with Crippen LogP contribution >= 0.6 is 0 Å². The van der Waals surface area contributed by atoms with Crippen LogP contribution in [0.25, 0.3) is 0 Å². The van der Waals surface area contributed by atoms with E-state index in [0.29, 0.717) is 24.2 Å². The van der Waals surface area contributed by atoms with E-state index in [4.69, 9.17) is 10.5 Å². The number of likely N-dealkylation sites (tertiary alicyclic amines) is 2. The first-order valence-electron chi connectivity index (χ1n) is 13.4. The van der Waals surface area contributed by atoms with Crippen molar-refractivity contribution >= 4 is 6.09 Å². The largest absolute Gasteiger partial charge is 0.444 e. The molecule has 2 aromatic rings. The summed E-state index contributed by atoms with van der Waals surface area (Å²) in [5.41, 5.74) is 6.60. The maximum atomic E-state index is 13.2. The van der Waals surface area contributed by atoms with Crippen molar-refractivity contribution in [1.29, 1.82) is 0 Å². The second kappa shape index (κ2) is 14.1. The Labute approximate surface area is 228 Å². The Kier molecular flexibility index (Phi) is 11.1. The van der Waals surface area contributed by atoms with Crippen molar-refractivity contribution in [3.63, 3.8) is 0 Å². The van der Waals surface area contributed by atoms with Crippen molar-refractivity contribution in [2.75, 3.05) is 26.2 Å². The molecule has 2 heterocycles. The second-order valence-corrected chi connectivity index (χ2v) is 11.4. The minimum Gasteiger partial charge on any atom is -0.444 e. The van der Waals surface area contributed by atoms with Gasteiger partial charge >= 0.3 is 6.09 Å². The van der Waals surface area contributed by atoms with E-state index >= 15 is 0 Å². The molecule has 1 amide bonds. The molecule has 0 saturated carbocycles. The van der Waals surface area contributed by atoms with Gasteiger partial charge < -0.3 is 15.8 Å². The highest BCUT2D eigenvalue weighted by molar-refractivity contribution is 5.68. The van der Waals surface area contributed by atoms with Crippen LogP contribution in [0.15, 0.2) is 36.4 Å². The van der Waals surface area contributed by atoms with Crippen LogP contribution in [0.1, 0.15) is 57.6 Å². The Morgan fingerprint density at radius 3 is 1.56 bits per heavy atom. The zero-order valence-corrected chi connectivity index (χ0v) is 23.0. The fraction of sp³-hybridized carbons (Fsp3) is 0.552. The summed E-state index contributed by atoms with van der Waals surface area (Å²) >= 11 is 0. The summed E-state index contributed by atoms with van der Waals surface area (Å²) in [5.74, 6) is -2.13. The van der Waals surface area contributed by atoms with Crippen molar-refractivity contribution < 1.29 is 27.1 Å². The first-order chi connectivity index (χ1) is 18.3. The molecular weight excluding hydrogens is 512 g/mol. The molecule has 2 fully saturated rings. The van der Waals surface area contributed by atoms with E-state index in [9.17, 15) is 22.4 Å². The van der Waals surface area contributed by atoms with Crippen molar-refractivity contribution in [3.8, 4) is 0 Å². The standard InChI is InChI=1S/C17H24F2N2O2.C12H16F2N2/c1-17(2,3)23-16(22)20-15-4-6-21(7-5-15)11-12-8-13(18)10-14(19)9-12;13-10-5-9(6-11(14)7-10)8-16-3-1-12(15)2-4-16/h8-10,15H,4-7,11H2,1-3H3,(H,20,22);5-7,12H,1-4,8,15H2. The smallest absolute Gasteiger partial charge is 0.407 e. The molecule has 0 bridgehead atoms.